The summed E-state index contributed by atoms with van der Waals surface area (Å²) in [7, 11) is 0.295. The monoisotopic (exact) mass is 341 g/mol. The van der Waals surface area contributed by atoms with E-state index < -0.39 is 10.8 Å². The van der Waals surface area contributed by atoms with E-state index in [-0.39, 0.29) is 24.3 Å². The van der Waals surface area contributed by atoms with Crippen molar-refractivity contribution in [2.75, 3.05) is 31.4 Å². The number of nitrogens with zero attached hydrogens (tertiary/aromatic N) is 1. The molecule has 1 aliphatic rings. The Morgan fingerprint density at radius 1 is 1.36 bits per heavy atom. The lowest BCUT2D eigenvalue weighted by Crippen LogP contribution is -2.47. The van der Waals surface area contributed by atoms with Crippen LogP contribution >= 0.6 is 11.8 Å². The molecular formula is C15H19NO4S2. The Morgan fingerprint density at radius 2 is 2.05 bits per heavy atom. The molecule has 1 aromatic carbocycles. The zero-order valence-corrected chi connectivity index (χ0v) is 14.2. The fourth-order valence-corrected chi connectivity index (χ4v) is 3.90. The lowest BCUT2D eigenvalue weighted by Gasteiger charge is -2.35. The van der Waals surface area contributed by atoms with Gasteiger partial charge in [0.1, 0.15) is 0 Å². The van der Waals surface area contributed by atoms with Gasteiger partial charge in [-0.2, -0.15) is 11.8 Å². The van der Waals surface area contributed by atoms with Crippen LogP contribution in [0, 0.1) is 0 Å². The van der Waals surface area contributed by atoms with Crippen molar-refractivity contribution in [3.63, 3.8) is 0 Å². The minimum absolute atomic E-state index is 0.0948. The van der Waals surface area contributed by atoms with Crippen molar-refractivity contribution in [3.8, 4) is 0 Å². The second-order valence-electron chi connectivity index (χ2n) is 4.99. The fraction of sp³-hybridized carbons (Fsp3) is 0.467. The van der Waals surface area contributed by atoms with E-state index in [1.165, 1.54) is 7.11 Å². The first-order chi connectivity index (χ1) is 10.5. The van der Waals surface area contributed by atoms with Crippen LogP contribution < -0.4 is 0 Å². The summed E-state index contributed by atoms with van der Waals surface area (Å²) in [5, 5.41) is 0. The van der Waals surface area contributed by atoms with E-state index in [0.717, 1.165) is 11.5 Å². The predicted octanol–water partition coefficient (Wildman–Crippen LogP) is 1.54. The average molecular weight is 341 g/mol. The summed E-state index contributed by atoms with van der Waals surface area (Å²) >= 11 is 1.74. The summed E-state index contributed by atoms with van der Waals surface area (Å²) in [6, 6.07) is 6.65. The third-order valence-corrected chi connectivity index (χ3v) is 5.58. The smallest absolute Gasteiger partial charge is 0.307 e. The van der Waals surface area contributed by atoms with Crippen LogP contribution in [0.4, 0.5) is 0 Å². The molecule has 0 radical (unpaired) electrons. The first kappa shape index (κ1) is 17.0. The van der Waals surface area contributed by atoms with E-state index in [9.17, 15) is 13.8 Å². The third-order valence-electron chi connectivity index (χ3n) is 3.55. The van der Waals surface area contributed by atoms with Gasteiger partial charge in [-0.1, -0.05) is 0 Å². The van der Waals surface area contributed by atoms with Crippen LogP contribution in [0.1, 0.15) is 16.8 Å². The van der Waals surface area contributed by atoms with Crippen LogP contribution in [0.2, 0.25) is 0 Å². The molecule has 1 amide bonds. The van der Waals surface area contributed by atoms with Crippen LogP contribution in [-0.2, 0) is 20.3 Å². The molecule has 0 aromatic heterocycles. The number of rotatable bonds is 4. The molecule has 1 fully saturated rings. The van der Waals surface area contributed by atoms with E-state index in [0.29, 0.717) is 17.0 Å². The summed E-state index contributed by atoms with van der Waals surface area (Å²) in [5.41, 5.74) is 0.552. The van der Waals surface area contributed by atoms with Gasteiger partial charge in [-0.05, 0) is 24.3 Å². The highest BCUT2D eigenvalue weighted by Crippen LogP contribution is 2.22. The molecule has 7 heteroatoms. The molecule has 2 atom stereocenters. The highest BCUT2D eigenvalue weighted by Gasteiger charge is 2.29. The Kier molecular flexibility index (Phi) is 6.02. The fourth-order valence-electron chi connectivity index (χ4n) is 2.32. The van der Waals surface area contributed by atoms with Crippen LogP contribution in [-0.4, -0.2) is 58.4 Å². The molecule has 0 unspecified atom stereocenters. The van der Waals surface area contributed by atoms with E-state index >= 15 is 0 Å². The molecule has 1 aromatic rings. The minimum atomic E-state index is -1.06. The average Bonchev–Trinajstić information content (AvgIpc) is 2.54. The van der Waals surface area contributed by atoms with Gasteiger partial charge >= 0.3 is 5.97 Å². The Morgan fingerprint density at radius 3 is 2.64 bits per heavy atom. The Balaban J connectivity index is 2.14. The highest BCUT2D eigenvalue weighted by molar-refractivity contribution is 7.99. The largest absolute Gasteiger partial charge is 0.469 e. The van der Waals surface area contributed by atoms with E-state index in [1.807, 2.05) is 0 Å². The maximum absolute atomic E-state index is 12.6. The van der Waals surface area contributed by atoms with Gasteiger partial charge < -0.3 is 9.64 Å². The van der Waals surface area contributed by atoms with Gasteiger partial charge in [0.25, 0.3) is 5.91 Å². The number of methoxy groups -OCH3 is 1. The molecular weight excluding hydrogens is 322 g/mol. The zero-order chi connectivity index (χ0) is 16.1. The summed E-state index contributed by atoms with van der Waals surface area (Å²) < 4.78 is 16.1. The molecule has 0 aliphatic carbocycles. The minimum Gasteiger partial charge on any atom is -0.469 e. The maximum Gasteiger partial charge on any atom is 0.307 e. The van der Waals surface area contributed by atoms with Crippen molar-refractivity contribution in [1.29, 1.82) is 0 Å². The molecule has 1 saturated heterocycles. The van der Waals surface area contributed by atoms with E-state index in [4.69, 9.17) is 4.74 Å². The Hall–Kier alpha value is -1.34. The molecule has 22 heavy (non-hydrogen) atoms. The number of thioether (sulfide) groups is 1. The van der Waals surface area contributed by atoms with Gasteiger partial charge in [0.2, 0.25) is 0 Å². The van der Waals surface area contributed by atoms with Crippen molar-refractivity contribution >= 4 is 34.4 Å². The summed E-state index contributed by atoms with van der Waals surface area (Å²) in [6.45, 7) is 0.618. The first-order valence-electron chi connectivity index (χ1n) is 6.92. The van der Waals surface area contributed by atoms with Crippen LogP contribution in [0.5, 0.6) is 0 Å². The molecule has 5 nitrogen and oxygen atoms in total. The second-order valence-corrected chi connectivity index (χ2v) is 7.52. The quantitative estimate of drug-likeness (QED) is 0.778. The lowest BCUT2D eigenvalue weighted by atomic mass is 10.1. The number of carbonyl (C=O) groups excluding carboxylic acids is 2. The van der Waals surface area contributed by atoms with Crippen molar-refractivity contribution in [2.24, 2.45) is 0 Å². The number of amides is 1. The van der Waals surface area contributed by atoms with Crippen LogP contribution in [0.15, 0.2) is 29.2 Å². The van der Waals surface area contributed by atoms with E-state index in [1.54, 1.807) is 47.2 Å². The van der Waals surface area contributed by atoms with Gasteiger partial charge in [0, 0.05) is 45.6 Å². The van der Waals surface area contributed by atoms with Gasteiger partial charge in [0.05, 0.1) is 19.6 Å². The maximum atomic E-state index is 12.6. The second kappa shape index (κ2) is 7.78. The predicted molar refractivity (Wildman–Crippen MR) is 87.6 cm³/mol. The molecule has 120 valence electrons. The van der Waals surface area contributed by atoms with Gasteiger partial charge in [-0.3, -0.25) is 13.8 Å². The number of hydrogen-bond donors (Lipinski definition) is 0. The standard InChI is InChI=1S/C15H19NO4S2/c1-20-14(17)9-12-10-21-8-7-16(12)15(18)11-3-5-13(6-4-11)22(2)19/h3-6,12H,7-10H2,1-2H3/t12-,22+/m0/s1. The molecule has 0 spiro atoms. The number of carbonyl (C=O) groups is 2. The van der Waals surface area contributed by atoms with Crippen molar-refractivity contribution in [3.05, 3.63) is 29.8 Å². The van der Waals surface area contributed by atoms with Crippen LogP contribution in [0.3, 0.4) is 0 Å². The van der Waals surface area contributed by atoms with Gasteiger partial charge in [0.15, 0.2) is 0 Å². The van der Waals surface area contributed by atoms with Gasteiger partial charge in [-0.15, -0.1) is 0 Å². The molecule has 1 heterocycles. The molecule has 2 rings (SSSR count). The van der Waals surface area contributed by atoms with E-state index in [2.05, 4.69) is 0 Å². The molecule has 0 bridgehead atoms. The molecule has 0 saturated carbocycles. The number of benzene rings is 1. The SMILES string of the molecule is COC(=O)C[C@H]1CSCCN1C(=O)c1ccc([S@@](C)=O)cc1. The summed E-state index contributed by atoms with van der Waals surface area (Å²) in [4.78, 5) is 26.6. The third kappa shape index (κ3) is 4.10. The lowest BCUT2D eigenvalue weighted by molar-refractivity contribution is -0.141. The first-order valence-corrected chi connectivity index (χ1v) is 9.63. The van der Waals surface area contributed by atoms with Crippen molar-refractivity contribution < 1.29 is 18.5 Å². The summed E-state index contributed by atoms with van der Waals surface area (Å²) in [6.07, 6.45) is 1.82. The normalized spacial score (nSPS) is 19.5. The van der Waals surface area contributed by atoms with Crippen molar-refractivity contribution in [2.45, 2.75) is 17.4 Å². The number of hydrogen-bond acceptors (Lipinski definition) is 5. The number of esters is 1. The van der Waals surface area contributed by atoms with Crippen molar-refractivity contribution in [1.82, 2.24) is 4.90 Å². The molecule has 1 aliphatic heterocycles. The Labute approximate surface area is 136 Å². The topological polar surface area (TPSA) is 63.7 Å². The number of ether oxygens (including phenoxy) is 1. The Bertz CT molecular complexity index is 573. The zero-order valence-electron chi connectivity index (χ0n) is 12.6. The highest BCUT2D eigenvalue weighted by atomic mass is 32.2. The molecule has 0 N–H and O–H groups in total. The summed E-state index contributed by atoms with van der Waals surface area (Å²) in [5.74, 6) is 1.20. The van der Waals surface area contributed by atoms with Crippen LogP contribution in [0.25, 0.3) is 0 Å². The van der Waals surface area contributed by atoms with Gasteiger partial charge in [-0.25, -0.2) is 0 Å².